The highest BCUT2D eigenvalue weighted by molar-refractivity contribution is 7.12. The molecule has 1 aromatic heterocycles. The Morgan fingerprint density at radius 1 is 1.13 bits per heavy atom. The first-order valence-electron chi connectivity index (χ1n) is 9.27. The molecule has 0 atom stereocenters. The summed E-state index contributed by atoms with van der Waals surface area (Å²) in [6.45, 7) is 1.77. The third-order valence-electron chi connectivity index (χ3n) is 4.54. The molecule has 156 valence electrons. The summed E-state index contributed by atoms with van der Waals surface area (Å²) in [6.07, 6.45) is 1.72. The summed E-state index contributed by atoms with van der Waals surface area (Å²) in [6, 6.07) is 15.5. The number of nitrogens with zero attached hydrogens (tertiary/aromatic N) is 2. The quantitative estimate of drug-likeness (QED) is 0.294. The van der Waals surface area contributed by atoms with Crippen LogP contribution in [0.3, 0.4) is 0 Å². The Labute approximate surface area is 188 Å². The molecule has 0 aliphatic carbocycles. The van der Waals surface area contributed by atoms with Crippen molar-refractivity contribution in [2.75, 3.05) is 12.1 Å². The minimum absolute atomic E-state index is 0.257. The second kappa shape index (κ2) is 8.75. The highest BCUT2D eigenvalue weighted by Gasteiger charge is 2.29. The highest BCUT2D eigenvalue weighted by atomic mass is 35.5. The lowest BCUT2D eigenvalue weighted by molar-refractivity contribution is -0.114. The van der Waals surface area contributed by atoms with Gasteiger partial charge in [0, 0.05) is 5.02 Å². The fourth-order valence-electron chi connectivity index (χ4n) is 3.04. The lowest BCUT2D eigenvalue weighted by Crippen LogP contribution is -2.21. The van der Waals surface area contributed by atoms with Gasteiger partial charge in [0.25, 0.3) is 5.91 Å². The van der Waals surface area contributed by atoms with E-state index in [-0.39, 0.29) is 5.91 Å². The fraction of sp³-hybridized carbons (Fsp3) is 0.0870. The van der Waals surface area contributed by atoms with E-state index in [2.05, 4.69) is 5.10 Å². The van der Waals surface area contributed by atoms with Crippen LogP contribution in [0.5, 0.6) is 11.5 Å². The van der Waals surface area contributed by atoms with Gasteiger partial charge in [0.2, 0.25) is 0 Å². The molecule has 8 heteroatoms. The number of amides is 1. The van der Waals surface area contributed by atoms with E-state index in [9.17, 15) is 9.59 Å². The molecule has 1 aliphatic heterocycles. The zero-order valence-electron chi connectivity index (χ0n) is 16.7. The third kappa shape index (κ3) is 4.38. The summed E-state index contributed by atoms with van der Waals surface area (Å²) in [4.78, 5) is 25.7. The molecule has 0 saturated carbocycles. The smallest absolute Gasteiger partial charge is 0.353 e. The molecule has 2 aromatic carbocycles. The Kier molecular flexibility index (Phi) is 5.88. The van der Waals surface area contributed by atoms with Crippen molar-refractivity contribution in [1.82, 2.24) is 0 Å². The average molecular weight is 453 g/mol. The Hall–Kier alpha value is -3.42. The maximum atomic E-state index is 12.9. The van der Waals surface area contributed by atoms with E-state index in [1.165, 1.54) is 23.5 Å². The van der Waals surface area contributed by atoms with Crippen molar-refractivity contribution in [3.8, 4) is 11.5 Å². The number of esters is 1. The van der Waals surface area contributed by atoms with Crippen LogP contribution >= 0.6 is 22.9 Å². The number of hydrogen-bond acceptors (Lipinski definition) is 6. The van der Waals surface area contributed by atoms with Crippen molar-refractivity contribution in [3.63, 3.8) is 0 Å². The zero-order chi connectivity index (χ0) is 22.0. The molecular formula is C23H17ClN2O4S. The molecular weight excluding hydrogens is 436 g/mol. The Morgan fingerprint density at radius 3 is 2.68 bits per heavy atom. The van der Waals surface area contributed by atoms with Crippen molar-refractivity contribution >= 4 is 52.3 Å². The van der Waals surface area contributed by atoms with Crippen molar-refractivity contribution in [2.45, 2.75) is 6.92 Å². The fourth-order valence-corrected chi connectivity index (χ4v) is 3.82. The molecule has 1 aliphatic rings. The van der Waals surface area contributed by atoms with Gasteiger partial charge in [-0.05, 0) is 60.3 Å². The van der Waals surface area contributed by atoms with Crippen LogP contribution in [-0.2, 0) is 4.79 Å². The lowest BCUT2D eigenvalue weighted by Gasteiger charge is -2.12. The van der Waals surface area contributed by atoms with Crippen LogP contribution in [0.1, 0.15) is 22.2 Å². The van der Waals surface area contributed by atoms with Gasteiger partial charge in [0.05, 0.1) is 24.1 Å². The standard InChI is InChI=1S/C23H17ClN2O4S/c1-14-18(22(27)26(25-14)17-6-3-5-16(24)13-17)11-15-8-9-19(20(12-15)29-2)30-23(28)21-7-4-10-31-21/h3-13H,1-2H3. The topological polar surface area (TPSA) is 68.2 Å². The highest BCUT2D eigenvalue weighted by Crippen LogP contribution is 2.32. The number of thiophene rings is 1. The van der Waals surface area contributed by atoms with E-state index in [0.717, 1.165) is 0 Å². The van der Waals surface area contributed by atoms with E-state index in [4.69, 9.17) is 21.1 Å². The van der Waals surface area contributed by atoms with Crippen LogP contribution in [0, 0.1) is 0 Å². The summed E-state index contributed by atoms with van der Waals surface area (Å²) in [5.74, 6) is -0.0322. The predicted molar refractivity (Wildman–Crippen MR) is 122 cm³/mol. The van der Waals surface area contributed by atoms with Gasteiger partial charge in [-0.25, -0.2) is 4.79 Å². The number of hydrazone groups is 1. The first kappa shape index (κ1) is 20.8. The number of halogens is 1. The van der Waals surface area contributed by atoms with E-state index in [1.807, 2.05) is 0 Å². The number of anilines is 1. The van der Waals surface area contributed by atoms with E-state index in [1.54, 1.807) is 73.0 Å². The Bertz CT molecular complexity index is 1220. The molecule has 1 amide bonds. The van der Waals surface area contributed by atoms with Gasteiger partial charge in [0.15, 0.2) is 11.5 Å². The van der Waals surface area contributed by atoms with Gasteiger partial charge < -0.3 is 9.47 Å². The molecule has 3 aromatic rings. The second-order valence-electron chi connectivity index (χ2n) is 6.62. The van der Waals surface area contributed by atoms with Gasteiger partial charge in [-0.1, -0.05) is 29.8 Å². The molecule has 0 radical (unpaired) electrons. The molecule has 2 heterocycles. The summed E-state index contributed by atoms with van der Waals surface area (Å²) in [5, 5.41) is 8.01. The van der Waals surface area contributed by atoms with Gasteiger partial charge >= 0.3 is 5.97 Å². The largest absolute Gasteiger partial charge is 0.493 e. The van der Waals surface area contributed by atoms with Crippen molar-refractivity contribution in [2.24, 2.45) is 5.10 Å². The first-order valence-corrected chi connectivity index (χ1v) is 10.5. The van der Waals surface area contributed by atoms with E-state index < -0.39 is 5.97 Å². The number of ether oxygens (including phenoxy) is 2. The first-order chi connectivity index (χ1) is 15.0. The molecule has 0 unspecified atom stereocenters. The van der Waals surface area contributed by atoms with Gasteiger partial charge in [-0.2, -0.15) is 10.1 Å². The van der Waals surface area contributed by atoms with Crippen LogP contribution in [0.2, 0.25) is 5.02 Å². The minimum Gasteiger partial charge on any atom is -0.493 e. The normalized spacial score (nSPS) is 14.7. The molecule has 0 spiro atoms. The van der Waals surface area contributed by atoms with Crippen LogP contribution in [0.25, 0.3) is 6.08 Å². The molecule has 0 fully saturated rings. The predicted octanol–water partition coefficient (Wildman–Crippen LogP) is 5.44. The summed E-state index contributed by atoms with van der Waals surface area (Å²) in [7, 11) is 1.49. The van der Waals surface area contributed by atoms with Crippen LogP contribution in [-0.4, -0.2) is 24.7 Å². The number of rotatable bonds is 5. The average Bonchev–Trinajstić information content (AvgIpc) is 3.39. The van der Waals surface area contributed by atoms with Crippen molar-refractivity contribution < 1.29 is 19.1 Å². The number of carbonyl (C=O) groups excluding carboxylic acids is 2. The molecule has 31 heavy (non-hydrogen) atoms. The van der Waals surface area contributed by atoms with Crippen LogP contribution in [0.15, 0.2) is 70.7 Å². The molecule has 0 saturated heterocycles. The van der Waals surface area contributed by atoms with Gasteiger partial charge in [-0.3, -0.25) is 4.79 Å². The minimum atomic E-state index is -0.453. The van der Waals surface area contributed by atoms with Crippen molar-refractivity contribution in [3.05, 3.63) is 81.0 Å². The van der Waals surface area contributed by atoms with Crippen molar-refractivity contribution in [1.29, 1.82) is 0 Å². The van der Waals surface area contributed by atoms with Crippen LogP contribution in [0.4, 0.5) is 5.69 Å². The SMILES string of the molecule is COc1cc(C=C2C(=O)N(c3cccc(Cl)c3)N=C2C)ccc1OC(=O)c1cccs1. The molecule has 0 N–H and O–H groups in total. The molecule has 0 bridgehead atoms. The molecule has 4 rings (SSSR count). The number of benzene rings is 2. The summed E-state index contributed by atoms with van der Waals surface area (Å²) >= 11 is 7.34. The lowest BCUT2D eigenvalue weighted by atomic mass is 10.1. The number of carbonyl (C=O) groups is 2. The van der Waals surface area contributed by atoms with E-state index in [0.29, 0.717) is 43.9 Å². The Balaban J connectivity index is 1.59. The maximum absolute atomic E-state index is 12.9. The molecule has 6 nitrogen and oxygen atoms in total. The van der Waals surface area contributed by atoms with Gasteiger partial charge in [0.1, 0.15) is 4.88 Å². The monoisotopic (exact) mass is 452 g/mol. The third-order valence-corrected chi connectivity index (χ3v) is 5.62. The maximum Gasteiger partial charge on any atom is 0.353 e. The second-order valence-corrected chi connectivity index (χ2v) is 8.00. The Morgan fingerprint density at radius 2 is 1.97 bits per heavy atom. The number of hydrogen-bond donors (Lipinski definition) is 0. The number of methoxy groups -OCH3 is 1. The van der Waals surface area contributed by atoms with Crippen LogP contribution < -0.4 is 14.5 Å². The summed E-state index contributed by atoms with van der Waals surface area (Å²) < 4.78 is 10.8. The van der Waals surface area contributed by atoms with E-state index >= 15 is 0 Å². The summed E-state index contributed by atoms with van der Waals surface area (Å²) in [5.41, 5.74) is 2.33. The van der Waals surface area contributed by atoms with Gasteiger partial charge in [-0.15, -0.1) is 11.3 Å². The zero-order valence-corrected chi connectivity index (χ0v) is 18.2.